The van der Waals surface area contributed by atoms with Crippen molar-refractivity contribution in [3.63, 3.8) is 0 Å². The van der Waals surface area contributed by atoms with Crippen molar-refractivity contribution < 1.29 is 12.6 Å². The number of hydrogen-bond acceptors (Lipinski definition) is 3. The summed E-state index contributed by atoms with van der Waals surface area (Å²) in [6.07, 6.45) is 1.91. The predicted molar refractivity (Wildman–Crippen MR) is 90.6 cm³/mol. The number of benzene rings is 3. The van der Waals surface area contributed by atoms with E-state index in [0.717, 1.165) is 23.6 Å². The second-order valence-corrected chi connectivity index (χ2v) is 7.51. The van der Waals surface area contributed by atoms with Crippen molar-refractivity contribution in [1.29, 1.82) is 0 Å². The van der Waals surface area contributed by atoms with Gasteiger partial charge in [0.1, 0.15) is 10.6 Å². The number of halogens is 1. The number of aryl methyl sites for hydroxylation is 2. The molecule has 0 amide bonds. The van der Waals surface area contributed by atoms with Crippen LogP contribution in [-0.4, -0.2) is 8.42 Å². The van der Waals surface area contributed by atoms with E-state index in [-0.39, 0.29) is 10.6 Å². The van der Waals surface area contributed by atoms with Gasteiger partial charge in [-0.05, 0) is 59.7 Å². The number of hydrogen-bond donors (Lipinski definition) is 0. The molecule has 0 N–H and O–H groups in total. The minimum atomic E-state index is -3.90. The van der Waals surface area contributed by atoms with E-state index in [1.807, 2.05) is 18.2 Å². The zero-order valence-electron chi connectivity index (χ0n) is 12.1. The van der Waals surface area contributed by atoms with Crippen LogP contribution in [0, 0.1) is 0 Å². The van der Waals surface area contributed by atoms with Crippen LogP contribution in [0.5, 0.6) is 5.75 Å². The molecular weight excluding hydrogens is 332 g/mol. The van der Waals surface area contributed by atoms with Crippen molar-refractivity contribution in [1.82, 2.24) is 0 Å². The highest BCUT2D eigenvalue weighted by Crippen LogP contribution is 2.35. The fraction of sp³-hybridized carbons (Fsp3) is 0.111. The highest BCUT2D eigenvalue weighted by molar-refractivity contribution is 7.87. The molecule has 0 atom stereocenters. The van der Waals surface area contributed by atoms with Crippen LogP contribution in [0.1, 0.15) is 11.1 Å². The molecule has 0 bridgehead atoms. The molecule has 5 heteroatoms. The third-order valence-corrected chi connectivity index (χ3v) is 5.68. The van der Waals surface area contributed by atoms with Gasteiger partial charge in [-0.3, -0.25) is 0 Å². The van der Waals surface area contributed by atoms with Gasteiger partial charge in [0, 0.05) is 10.4 Å². The first-order chi connectivity index (χ1) is 11.0. The maximum absolute atomic E-state index is 12.7. The summed E-state index contributed by atoms with van der Waals surface area (Å²) >= 11 is 5.81. The predicted octanol–water partition coefficient (Wildman–Crippen LogP) is 4.36. The molecule has 3 aromatic rings. The Morgan fingerprint density at radius 2 is 1.57 bits per heavy atom. The summed E-state index contributed by atoms with van der Waals surface area (Å²) in [6.45, 7) is 0. The highest BCUT2D eigenvalue weighted by atomic mass is 35.5. The van der Waals surface area contributed by atoms with Crippen molar-refractivity contribution in [2.24, 2.45) is 0 Å². The van der Waals surface area contributed by atoms with Gasteiger partial charge in [-0.2, -0.15) is 8.42 Å². The molecule has 0 radical (unpaired) electrons. The van der Waals surface area contributed by atoms with Crippen molar-refractivity contribution >= 4 is 32.5 Å². The molecule has 0 saturated carbocycles. The Balaban J connectivity index is 1.84. The quantitative estimate of drug-likeness (QED) is 0.663. The normalized spacial score (nSPS) is 13.4. The third-order valence-electron chi connectivity index (χ3n) is 4.13. The van der Waals surface area contributed by atoms with Crippen molar-refractivity contribution in [2.75, 3.05) is 0 Å². The van der Waals surface area contributed by atoms with E-state index in [2.05, 4.69) is 6.07 Å². The van der Waals surface area contributed by atoms with E-state index in [1.54, 1.807) is 30.3 Å². The van der Waals surface area contributed by atoms with Crippen molar-refractivity contribution in [3.8, 4) is 5.75 Å². The standard InChI is InChI=1S/C18H13ClO3S/c19-14-7-9-15(10-8-14)22-23(20,21)17-11-6-13-5-4-12-2-1-3-16(17)18(12)13/h1-3,6-11H,4-5H2. The lowest BCUT2D eigenvalue weighted by Crippen LogP contribution is -2.10. The minimum absolute atomic E-state index is 0.204. The summed E-state index contributed by atoms with van der Waals surface area (Å²) in [6, 6.07) is 15.6. The summed E-state index contributed by atoms with van der Waals surface area (Å²) in [4.78, 5) is 0.204. The molecule has 23 heavy (non-hydrogen) atoms. The molecule has 4 rings (SSSR count). The minimum Gasteiger partial charge on any atom is -0.379 e. The zero-order valence-corrected chi connectivity index (χ0v) is 13.7. The van der Waals surface area contributed by atoms with E-state index in [9.17, 15) is 8.42 Å². The number of rotatable bonds is 3. The lowest BCUT2D eigenvalue weighted by Gasteiger charge is -2.11. The van der Waals surface area contributed by atoms with E-state index in [0.29, 0.717) is 5.02 Å². The molecule has 0 spiro atoms. The van der Waals surface area contributed by atoms with E-state index in [1.165, 1.54) is 11.1 Å². The molecule has 0 aliphatic heterocycles. The van der Waals surface area contributed by atoms with E-state index < -0.39 is 10.1 Å². The summed E-state index contributed by atoms with van der Waals surface area (Å²) in [5.74, 6) is 0.248. The average Bonchev–Trinajstić information content (AvgIpc) is 2.95. The van der Waals surface area contributed by atoms with Crippen LogP contribution in [-0.2, 0) is 23.0 Å². The molecule has 0 fully saturated rings. The van der Waals surface area contributed by atoms with Gasteiger partial charge >= 0.3 is 10.1 Å². The van der Waals surface area contributed by atoms with Gasteiger partial charge in [0.25, 0.3) is 0 Å². The van der Waals surface area contributed by atoms with Crippen LogP contribution in [0.2, 0.25) is 5.02 Å². The van der Waals surface area contributed by atoms with Crippen LogP contribution in [0.4, 0.5) is 0 Å². The van der Waals surface area contributed by atoms with Gasteiger partial charge in [0.15, 0.2) is 0 Å². The Bertz CT molecular complexity index is 998. The van der Waals surface area contributed by atoms with Crippen molar-refractivity contribution in [2.45, 2.75) is 17.7 Å². The molecule has 0 unspecified atom stereocenters. The Labute approximate surface area is 139 Å². The maximum Gasteiger partial charge on any atom is 0.339 e. The molecule has 3 nitrogen and oxygen atoms in total. The second kappa shape index (κ2) is 5.25. The fourth-order valence-corrected chi connectivity index (χ4v) is 4.35. The molecular formula is C18H13ClO3S. The Kier molecular flexibility index (Phi) is 3.32. The Morgan fingerprint density at radius 1 is 0.870 bits per heavy atom. The average molecular weight is 345 g/mol. The monoisotopic (exact) mass is 344 g/mol. The largest absolute Gasteiger partial charge is 0.379 e. The third kappa shape index (κ3) is 2.48. The van der Waals surface area contributed by atoms with Gasteiger partial charge in [0.05, 0.1) is 0 Å². The Morgan fingerprint density at radius 3 is 2.30 bits per heavy atom. The maximum atomic E-state index is 12.7. The first kappa shape index (κ1) is 14.5. The highest BCUT2D eigenvalue weighted by Gasteiger charge is 2.24. The van der Waals surface area contributed by atoms with Crippen LogP contribution in [0.15, 0.2) is 59.5 Å². The molecule has 1 aliphatic rings. The summed E-state index contributed by atoms with van der Waals surface area (Å²) in [5, 5.41) is 2.31. The van der Waals surface area contributed by atoms with Crippen molar-refractivity contribution in [3.05, 3.63) is 70.7 Å². The summed E-state index contributed by atoms with van der Waals surface area (Å²) < 4.78 is 30.6. The van der Waals surface area contributed by atoms with Crippen LogP contribution in [0.25, 0.3) is 10.8 Å². The van der Waals surface area contributed by atoms with Crippen LogP contribution >= 0.6 is 11.6 Å². The van der Waals surface area contributed by atoms with Crippen LogP contribution in [0.3, 0.4) is 0 Å². The van der Waals surface area contributed by atoms with Crippen LogP contribution < -0.4 is 4.18 Å². The topological polar surface area (TPSA) is 43.4 Å². The molecule has 0 heterocycles. The summed E-state index contributed by atoms with van der Waals surface area (Å²) in [7, 11) is -3.90. The fourth-order valence-electron chi connectivity index (χ4n) is 3.10. The smallest absolute Gasteiger partial charge is 0.339 e. The van der Waals surface area contributed by atoms with Gasteiger partial charge in [-0.1, -0.05) is 35.9 Å². The summed E-state index contributed by atoms with van der Waals surface area (Å²) in [5.41, 5.74) is 2.39. The van der Waals surface area contributed by atoms with Gasteiger partial charge in [0.2, 0.25) is 0 Å². The zero-order chi connectivity index (χ0) is 16.0. The van der Waals surface area contributed by atoms with E-state index in [4.69, 9.17) is 15.8 Å². The second-order valence-electron chi connectivity index (χ2n) is 5.55. The first-order valence-corrected chi connectivity index (χ1v) is 9.07. The lowest BCUT2D eigenvalue weighted by atomic mass is 10.1. The van der Waals surface area contributed by atoms with Gasteiger partial charge < -0.3 is 4.18 Å². The van der Waals surface area contributed by atoms with E-state index >= 15 is 0 Å². The molecule has 3 aromatic carbocycles. The molecule has 0 aromatic heterocycles. The van der Waals surface area contributed by atoms with Gasteiger partial charge in [-0.15, -0.1) is 0 Å². The van der Waals surface area contributed by atoms with Gasteiger partial charge in [-0.25, -0.2) is 0 Å². The lowest BCUT2D eigenvalue weighted by molar-refractivity contribution is 0.487. The molecule has 0 saturated heterocycles. The SMILES string of the molecule is O=S(=O)(Oc1ccc(Cl)cc1)c1ccc2c3c(cccc13)CC2. The molecule has 1 aliphatic carbocycles. The first-order valence-electron chi connectivity index (χ1n) is 7.28. The Hall–Kier alpha value is -2.04. The molecule has 116 valence electrons.